The Balaban J connectivity index is 1.49. The van der Waals surface area contributed by atoms with Crippen LogP contribution in [0, 0.1) is 0 Å². The van der Waals surface area contributed by atoms with Crippen LogP contribution in [-0.4, -0.2) is 36.1 Å². The van der Waals surface area contributed by atoms with E-state index in [0.29, 0.717) is 16.4 Å². The maximum Gasteiger partial charge on any atom is 0.220 e. The molecule has 5 rings (SSSR count). The Labute approximate surface area is 176 Å². The highest BCUT2D eigenvalue weighted by Crippen LogP contribution is 2.31. The number of hydrogen-bond donors (Lipinski definition) is 2. The van der Waals surface area contributed by atoms with Crippen LogP contribution in [0.3, 0.4) is 0 Å². The summed E-state index contributed by atoms with van der Waals surface area (Å²) in [5.41, 5.74) is 6.46. The van der Waals surface area contributed by atoms with Gasteiger partial charge in [-0.05, 0) is 24.3 Å². The molecule has 152 valence electrons. The van der Waals surface area contributed by atoms with E-state index in [1.54, 1.807) is 30.5 Å². The Hall–Kier alpha value is -3.36. The molecule has 9 heteroatoms. The molecule has 0 spiro atoms. The van der Waals surface area contributed by atoms with Crippen molar-refractivity contribution in [3.63, 3.8) is 0 Å². The number of hydrogen-bond acceptors (Lipinski definition) is 8. The maximum absolute atomic E-state index is 12.8. The number of aromatic nitrogens is 2. The van der Waals surface area contributed by atoms with Crippen LogP contribution in [0.4, 0.5) is 11.6 Å². The Morgan fingerprint density at radius 3 is 2.77 bits per heavy atom. The number of halogens is 1. The Kier molecular flexibility index (Phi) is 4.65. The molecule has 0 bridgehead atoms. The van der Waals surface area contributed by atoms with E-state index < -0.39 is 0 Å². The highest BCUT2D eigenvalue weighted by atomic mass is 35.5. The average Bonchev–Trinajstić information content (AvgIpc) is 2.76. The summed E-state index contributed by atoms with van der Waals surface area (Å²) in [4.78, 5) is 23.7. The molecule has 1 fully saturated rings. The summed E-state index contributed by atoms with van der Waals surface area (Å²) in [6.45, 7) is 3.69. The molecule has 0 radical (unpaired) electrons. The molecule has 3 N–H and O–H groups in total. The van der Waals surface area contributed by atoms with E-state index in [0.717, 1.165) is 32.0 Å². The number of nitrogens with one attached hydrogen (secondary N) is 1. The van der Waals surface area contributed by atoms with Gasteiger partial charge in [0.1, 0.15) is 17.2 Å². The molecule has 1 aromatic carbocycles. The zero-order valence-corrected chi connectivity index (χ0v) is 16.6. The molecular weight excluding hydrogens is 406 g/mol. The topological polar surface area (TPSA) is 107 Å². The molecule has 0 saturated carbocycles. The zero-order chi connectivity index (χ0) is 20.7. The van der Waals surface area contributed by atoms with Crippen molar-refractivity contribution in [3.8, 4) is 11.5 Å². The molecule has 8 nitrogen and oxygen atoms in total. The molecule has 0 atom stereocenters. The number of nitrogens with zero attached hydrogens (tertiary/aromatic N) is 3. The van der Waals surface area contributed by atoms with Crippen LogP contribution >= 0.6 is 11.6 Å². The van der Waals surface area contributed by atoms with Crippen molar-refractivity contribution in [2.45, 2.75) is 0 Å². The largest absolute Gasteiger partial charge is 0.454 e. The molecule has 1 saturated heterocycles. The van der Waals surface area contributed by atoms with Gasteiger partial charge in [0.25, 0.3) is 0 Å². The van der Waals surface area contributed by atoms with Crippen molar-refractivity contribution in [1.82, 2.24) is 15.3 Å². The number of piperazine rings is 1. The lowest BCUT2D eigenvalue weighted by molar-refractivity contribution is 0.480. The number of pyridine rings is 2. The Morgan fingerprint density at radius 1 is 1.17 bits per heavy atom. The molecule has 1 aliphatic heterocycles. The van der Waals surface area contributed by atoms with Gasteiger partial charge >= 0.3 is 0 Å². The highest BCUT2D eigenvalue weighted by Gasteiger charge is 2.16. The number of nitrogen functional groups attached to an aromatic ring is 1. The zero-order valence-electron chi connectivity index (χ0n) is 15.9. The molecule has 4 aromatic rings. The summed E-state index contributed by atoms with van der Waals surface area (Å²) < 4.78 is 11.7. The third-order valence-corrected chi connectivity index (χ3v) is 5.32. The maximum atomic E-state index is 12.8. The monoisotopic (exact) mass is 423 g/mol. The second-order valence-electron chi connectivity index (χ2n) is 6.95. The lowest BCUT2D eigenvalue weighted by Crippen LogP contribution is -2.43. The minimum atomic E-state index is -0.336. The van der Waals surface area contributed by atoms with Crippen LogP contribution in [0.1, 0.15) is 0 Å². The molecule has 30 heavy (non-hydrogen) atoms. The second-order valence-corrected chi connectivity index (χ2v) is 7.36. The first-order valence-electron chi connectivity index (χ1n) is 9.51. The van der Waals surface area contributed by atoms with Gasteiger partial charge in [-0.2, -0.15) is 0 Å². The summed E-state index contributed by atoms with van der Waals surface area (Å²) in [7, 11) is 0. The predicted molar refractivity (Wildman–Crippen MR) is 117 cm³/mol. The van der Waals surface area contributed by atoms with E-state index in [2.05, 4.69) is 20.2 Å². The number of fused-ring (bicyclic) bond motifs is 2. The van der Waals surface area contributed by atoms with Crippen molar-refractivity contribution in [2.75, 3.05) is 36.8 Å². The number of nitrogens with two attached hydrogens (primary N) is 1. The summed E-state index contributed by atoms with van der Waals surface area (Å²) >= 11 is 6.15. The quantitative estimate of drug-likeness (QED) is 0.484. The van der Waals surface area contributed by atoms with Crippen molar-refractivity contribution in [1.29, 1.82) is 0 Å². The average molecular weight is 424 g/mol. The second kappa shape index (κ2) is 7.47. The van der Waals surface area contributed by atoms with Crippen LogP contribution in [0.5, 0.6) is 11.5 Å². The van der Waals surface area contributed by atoms with Crippen molar-refractivity contribution in [3.05, 3.63) is 57.8 Å². The summed E-state index contributed by atoms with van der Waals surface area (Å²) in [5.74, 6) is 1.76. The first-order chi connectivity index (χ1) is 14.6. The van der Waals surface area contributed by atoms with Crippen LogP contribution in [0.2, 0.25) is 5.02 Å². The van der Waals surface area contributed by atoms with E-state index in [-0.39, 0.29) is 33.5 Å². The molecule has 0 unspecified atom stereocenters. The molecular formula is C21H18ClN5O3. The SMILES string of the molecule is Nc1nc2c(=O)c3c(Cl)cccc3oc2cc1Oc1ccc(N2CCNCC2)nc1. The van der Waals surface area contributed by atoms with Gasteiger partial charge in [-0.25, -0.2) is 9.97 Å². The fourth-order valence-electron chi connectivity index (χ4n) is 3.50. The van der Waals surface area contributed by atoms with Gasteiger partial charge in [-0.3, -0.25) is 4.79 Å². The van der Waals surface area contributed by atoms with E-state index in [4.69, 9.17) is 26.5 Å². The van der Waals surface area contributed by atoms with Crippen molar-refractivity contribution >= 4 is 45.3 Å². The minimum Gasteiger partial charge on any atom is -0.454 e. The number of anilines is 2. The van der Waals surface area contributed by atoms with Gasteiger partial charge in [-0.1, -0.05) is 17.7 Å². The highest BCUT2D eigenvalue weighted by molar-refractivity contribution is 6.35. The first-order valence-corrected chi connectivity index (χ1v) is 9.89. The Bertz CT molecular complexity index is 1300. The first kappa shape index (κ1) is 18.7. The molecule has 1 aliphatic rings. The minimum absolute atomic E-state index is 0.0763. The lowest BCUT2D eigenvalue weighted by Gasteiger charge is -2.28. The molecule has 4 heterocycles. The van der Waals surface area contributed by atoms with Gasteiger partial charge < -0.3 is 25.1 Å². The van der Waals surface area contributed by atoms with Crippen LogP contribution < -0.4 is 26.1 Å². The van der Waals surface area contributed by atoms with E-state index in [1.807, 2.05) is 12.1 Å². The van der Waals surface area contributed by atoms with E-state index in [1.165, 1.54) is 0 Å². The Morgan fingerprint density at radius 2 is 2.00 bits per heavy atom. The summed E-state index contributed by atoms with van der Waals surface area (Å²) in [6.07, 6.45) is 1.64. The fraction of sp³-hybridized carbons (Fsp3) is 0.190. The third-order valence-electron chi connectivity index (χ3n) is 5.01. The third kappa shape index (κ3) is 3.30. The normalized spacial score (nSPS) is 14.4. The lowest BCUT2D eigenvalue weighted by atomic mass is 10.2. The predicted octanol–water partition coefficient (Wildman–Crippen LogP) is 3.17. The van der Waals surface area contributed by atoms with Gasteiger partial charge in [0, 0.05) is 32.2 Å². The van der Waals surface area contributed by atoms with Crippen LogP contribution in [-0.2, 0) is 0 Å². The van der Waals surface area contributed by atoms with Gasteiger partial charge in [0.15, 0.2) is 22.7 Å². The van der Waals surface area contributed by atoms with Gasteiger partial charge in [0.05, 0.1) is 16.6 Å². The smallest absolute Gasteiger partial charge is 0.220 e. The van der Waals surface area contributed by atoms with Crippen LogP contribution in [0.25, 0.3) is 22.1 Å². The number of benzene rings is 1. The molecule has 0 amide bonds. The van der Waals surface area contributed by atoms with Crippen molar-refractivity contribution < 1.29 is 9.15 Å². The molecule has 3 aromatic heterocycles. The standard InChI is InChI=1S/C21H18ClN5O3/c22-13-2-1-3-14-18(13)20(28)19-15(30-14)10-16(21(23)26-19)29-12-4-5-17(25-11-12)27-8-6-24-7-9-27/h1-5,10-11,24H,6-9H2,(H2,23,26). The van der Waals surface area contributed by atoms with Crippen LogP contribution in [0.15, 0.2) is 51.8 Å². The van der Waals surface area contributed by atoms with Gasteiger partial charge in [-0.15, -0.1) is 0 Å². The fourth-order valence-corrected chi connectivity index (χ4v) is 3.75. The van der Waals surface area contributed by atoms with E-state index in [9.17, 15) is 4.79 Å². The van der Waals surface area contributed by atoms with Crippen molar-refractivity contribution in [2.24, 2.45) is 0 Å². The van der Waals surface area contributed by atoms with Gasteiger partial charge in [0.2, 0.25) is 5.43 Å². The summed E-state index contributed by atoms with van der Waals surface area (Å²) in [6, 6.07) is 10.3. The number of rotatable bonds is 3. The van der Waals surface area contributed by atoms with E-state index >= 15 is 0 Å². The molecule has 0 aliphatic carbocycles. The summed E-state index contributed by atoms with van der Waals surface area (Å²) in [5, 5.41) is 3.90. The number of ether oxygens (including phenoxy) is 1.